The van der Waals surface area contributed by atoms with Crippen molar-refractivity contribution in [2.45, 2.75) is 44.6 Å². The molecule has 1 aliphatic rings. The van der Waals surface area contributed by atoms with E-state index in [1.54, 1.807) is 6.20 Å². The lowest BCUT2D eigenvalue weighted by atomic mass is 10.2. The van der Waals surface area contributed by atoms with Crippen LogP contribution in [0.1, 0.15) is 43.1 Å². The Hall–Kier alpha value is -1.88. The van der Waals surface area contributed by atoms with Gasteiger partial charge in [0.2, 0.25) is 5.91 Å². The zero-order valence-corrected chi connectivity index (χ0v) is 15.6. The molecule has 0 bridgehead atoms. The molecule has 0 radical (unpaired) electrons. The smallest absolute Gasteiger partial charge is 0.362 e. The lowest BCUT2D eigenvalue weighted by molar-refractivity contribution is -0.142. The molecule has 2 aromatic heterocycles. The number of anilines is 1. The summed E-state index contributed by atoms with van der Waals surface area (Å²) in [5.74, 6) is -0.500. The van der Waals surface area contributed by atoms with Crippen LogP contribution in [0.25, 0.3) is 0 Å². The molecule has 26 heavy (non-hydrogen) atoms. The molecule has 1 N–H and O–H groups in total. The lowest BCUT2D eigenvalue weighted by Gasteiger charge is -2.15. The highest BCUT2D eigenvalue weighted by atomic mass is 79.9. The minimum Gasteiger partial charge on any atom is -0.362 e. The molecule has 1 atom stereocenters. The van der Waals surface area contributed by atoms with Crippen LogP contribution in [0.5, 0.6) is 0 Å². The van der Waals surface area contributed by atoms with Gasteiger partial charge >= 0.3 is 6.18 Å². The number of ether oxygens (including phenoxy) is 1. The zero-order chi connectivity index (χ0) is 19.1. The van der Waals surface area contributed by atoms with Gasteiger partial charge < -0.3 is 10.1 Å². The minimum atomic E-state index is -4.59. The molecule has 1 amide bonds. The summed E-state index contributed by atoms with van der Waals surface area (Å²) in [5, 5.41) is 10.3. The van der Waals surface area contributed by atoms with Crippen molar-refractivity contribution >= 4 is 27.5 Å². The Bertz CT molecular complexity index is 813. The average molecular weight is 436 g/mol. The van der Waals surface area contributed by atoms with Crippen LogP contribution in [0.2, 0.25) is 0 Å². The Labute approximate surface area is 155 Å². The van der Waals surface area contributed by atoms with E-state index < -0.39 is 23.8 Å². The van der Waals surface area contributed by atoms with Gasteiger partial charge in [0.1, 0.15) is 12.8 Å². The highest BCUT2D eigenvalue weighted by molar-refractivity contribution is 9.10. The van der Waals surface area contributed by atoms with Gasteiger partial charge in [-0.3, -0.25) is 9.48 Å². The van der Waals surface area contributed by atoms with Gasteiger partial charge in [-0.15, -0.1) is 0 Å². The fourth-order valence-corrected chi connectivity index (χ4v) is 3.43. The number of methoxy groups -OCH3 is 1. The summed E-state index contributed by atoms with van der Waals surface area (Å²) in [6.07, 6.45) is -0.0354. The maximum atomic E-state index is 13.2. The Morgan fingerprint density at radius 2 is 2.19 bits per heavy atom. The lowest BCUT2D eigenvalue weighted by Crippen LogP contribution is -2.26. The first kappa shape index (κ1) is 18.9. The maximum absolute atomic E-state index is 13.2. The standard InChI is InChI=1S/C15H17BrF3N5O2/c1-8(14(25)21-10-5-20-23(6-10)7-26-2)24-12(9-3-4-9)11(16)13(22-24)15(17,18)19/h5-6,8-9H,3-4,7H2,1-2H3,(H,21,25). The number of carbonyl (C=O) groups is 1. The van der Waals surface area contributed by atoms with Crippen LogP contribution in [0.4, 0.5) is 18.9 Å². The predicted molar refractivity (Wildman–Crippen MR) is 89.5 cm³/mol. The van der Waals surface area contributed by atoms with Gasteiger partial charge in [-0.05, 0) is 35.7 Å². The van der Waals surface area contributed by atoms with E-state index in [4.69, 9.17) is 4.74 Å². The number of rotatable bonds is 6. The summed E-state index contributed by atoms with van der Waals surface area (Å²) >= 11 is 3.02. The van der Waals surface area contributed by atoms with Crippen molar-refractivity contribution < 1.29 is 22.7 Å². The summed E-state index contributed by atoms with van der Waals surface area (Å²) in [7, 11) is 1.51. The van der Waals surface area contributed by atoms with Gasteiger partial charge in [0.25, 0.3) is 0 Å². The second kappa shape index (κ2) is 7.03. The van der Waals surface area contributed by atoms with Crippen molar-refractivity contribution in [3.05, 3.63) is 28.3 Å². The second-order valence-electron chi connectivity index (χ2n) is 6.12. The molecule has 0 aromatic carbocycles. The number of nitrogens with zero attached hydrogens (tertiary/aromatic N) is 4. The van der Waals surface area contributed by atoms with Crippen LogP contribution in [-0.2, 0) is 22.4 Å². The Kier molecular flexibility index (Phi) is 5.11. The molecule has 3 rings (SSSR count). The molecule has 2 aromatic rings. The van der Waals surface area contributed by atoms with Crippen molar-refractivity contribution in [3.8, 4) is 0 Å². The predicted octanol–water partition coefficient (Wildman–Crippen LogP) is 3.54. The molecule has 0 spiro atoms. The topological polar surface area (TPSA) is 74.0 Å². The maximum Gasteiger partial charge on any atom is 0.436 e. The highest BCUT2D eigenvalue weighted by Crippen LogP contribution is 2.47. The quantitative estimate of drug-likeness (QED) is 0.752. The van der Waals surface area contributed by atoms with E-state index in [1.165, 1.54) is 29.6 Å². The number of carbonyl (C=O) groups excluding carboxylic acids is 1. The van der Waals surface area contributed by atoms with E-state index in [-0.39, 0.29) is 17.1 Å². The van der Waals surface area contributed by atoms with E-state index in [0.29, 0.717) is 11.4 Å². The first-order chi connectivity index (χ1) is 12.2. The zero-order valence-electron chi connectivity index (χ0n) is 14.0. The molecule has 7 nitrogen and oxygen atoms in total. The third-order valence-electron chi connectivity index (χ3n) is 4.03. The molecule has 0 saturated heterocycles. The molecule has 1 saturated carbocycles. The average Bonchev–Trinajstić information content (AvgIpc) is 3.19. The van der Waals surface area contributed by atoms with Gasteiger partial charge in [0, 0.05) is 13.0 Å². The molecular weight excluding hydrogens is 419 g/mol. The van der Waals surface area contributed by atoms with Crippen molar-refractivity contribution in [1.82, 2.24) is 19.6 Å². The molecular formula is C15H17BrF3N5O2. The van der Waals surface area contributed by atoms with Gasteiger partial charge in [-0.2, -0.15) is 23.4 Å². The molecule has 1 fully saturated rings. The van der Waals surface area contributed by atoms with Crippen molar-refractivity contribution in [2.75, 3.05) is 12.4 Å². The fourth-order valence-electron chi connectivity index (χ4n) is 2.62. The Balaban J connectivity index is 1.84. The van der Waals surface area contributed by atoms with Gasteiger partial charge in [-0.1, -0.05) is 0 Å². The minimum absolute atomic E-state index is 0.0207. The molecule has 11 heteroatoms. The third-order valence-corrected chi connectivity index (χ3v) is 4.81. The first-order valence-electron chi connectivity index (χ1n) is 7.89. The Morgan fingerprint density at radius 1 is 1.50 bits per heavy atom. The summed E-state index contributed by atoms with van der Waals surface area (Å²) in [4.78, 5) is 12.5. The number of amides is 1. The fraction of sp³-hybridized carbons (Fsp3) is 0.533. The summed E-state index contributed by atoms with van der Waals surface area (Å²) in [5.41, 5.74) is -0.170. The van der Waals surface area contributed by atoms with Crippen molar-refractivity contribution in [2.24, 2.45) is 0 Å². The van der Waals surface area contributed by atoms with E-state index >= 15 is 0 Å². The summed E-state index contributed by atoms with van der Waals surface area (Å²) < 4.78 is 47.0. The van der Waals surface area contributed by atoms with Crippen LogP contribution in [-0.4, -0.2) is 32.6 Å². The largest absolute Gasteiger partial charge is 0.436 e. The highest BCUT2D eigenvalue weighted by Gasteiger charge is 2.43. The number of hydrogen-bond acceptors (Lipinski definition) is 4. The van der Waals surface area contributed by atoms with Crippen LogP contribution >= 0.6 is 15.9 Å². The normalized spacial score (nSPS) is 15.9. The molecule has 1 aliphatic carbocycles. The summed E-state index contributed by atoms with van der Waals surface area (Å²) in [6.45, 7) is 1.73. The molecule has 1 unspecified atom stereocenters. The van der Waals surface area contributed by atoms with Crippen LogP contribution in [0.3, 0.4) is 0 Å². The number of aromatic nitrogens is 4. The number of alkyl halides is 3. The number of nitrogens with one attached hydrogen (secondary N) is 1. The monoisotopic (exact) mass is 435 g/mol. The van der Waals surface area contributed by atoms with Crippen LogP contribution in [0, 0.1) is 0 Å². The van der Waals surface area contributed by atoms with Gasteiger partial charge in [0.05, 0.1) is 28.2 Å². The SMILES string of the molecule is COCn1cc(NC(=O)C(C)n2nc(C(F)(F)F)c(Br)c2C2CC2)cn1. The van der Waals surface area contributed by atoms with Crippen molar-refractivity contribution in [3.63, 3.8) is 0 Å². The molecule has 142 valence electrons. The van der Waals surface area contributed by atoms with E-state index in [9.17, 15) is 18.0 Å². The molecule has 2 heterocycles. The van der Waals surface area contributed by atoms with E-state index in [0.717, 1.165) is 12.8 Å². The molecule has 0 aliphatic heterocycles. The first-order valence-corrected chi connectivity index (χ1v) is 8.69. The second-order valence-corrected chi connectivity index (χ2v) is 6.91. The Morgan fingerprint density at radius 3 is 2.77 bits per heavy atom. The van der Waals surface area contributed by atoms with E-state index in [1.807, 2.05) is 0 Å². The number of hydrogen-bond donors (Lipinski definition) is 1. The van der Waals surface area contributed by atoms with Gasteiger partial charge in [0.15, 0.2) is 5.69 Å². The number of halogens is 4. The summed E-state index contributed by atoms with van der Waals surface area (Å²) in [6, 6.07) is -0.913. The van der Waals surface area contributed by atoms with Crippen molar-refractivity contribution in [1.29, 1.82) is 0 Å². The van der Waals surface area contributed by atoms with E-state index in [2.05, 4.69) is 31.4 Å². The van der Waals surface area contributed by atoms with Crippen LogP contribution < -0.4 is 5.32 Å². The third kappa shape index (κ3) is 3.78. The van der Waals surface area contributed by atoms with Gasteiger partial charge in [-0.25, -0.2) is 4.68 Å². The van der Waals surface area contributed by atoms with Crippen LogP contribution in [0.15, 0.2) is 16.9 Å².